The van der Waals surface area contributed by atoms with Crippen LogP contribution in [-0.4, -0.2) is 35.0 Å². The Morgan fingerprint density at radius 1 is 0.778 bits per heavy atom. The van der Waals surface area contributed by atoms with Crippen molar-refractivity contribution in [3.63, 3.8) is 0 Å². The highest BCUT2D eigenvalue weighted by Gasteiger charge is 2.88. The Labute approximate surface area is 107 Å². The molecule has 0 aromatic heterocycles. The van der Waals surface area contributed by atoms with Crippen LogP contribution in [0.4, 0.5) is 0 Å². The number of Topliss-reactive ketones (excluding diaryl/α,β-unsaturated/α-hetero) is 2. The first kappa shape index (κ1) is 12.3. The number of hydrogen-bond acceptors (Lipinski definition) is 4. The van der Waals surface area contributed by atoms with E-state index >= 15 is 0 Å². The van der Waals surface area contributed by atoms with Crippen molar-refractivity contribution in [2.24, 2.45) is 10.8 Å². The van der Waals surface area contributed by atoms with E-state index in [1.165, 1.54) is 0 Å². The minimum Gasteiger partial charge on any atom is -0.349 e. The first-order valence-corrected chi connectivity index (χ1v) is 6.44. The van der Waals surface area contributed by atoms with E-state index < -0.39 is 23.4 Å². The topological polar surface area (TPSA) is 59.2 Å². The fourth-order valence-electron chi connectivity index (χ4n) is 3.42. The summed E-state index contributed by atoms with van der Waals surface area (Å²) in [6, 6.07) is 0. The summed E-state index contributed by atoms with van der Waals surface area (Å²) in [7, 11) is 0. The smallest absolute Gasteiger partial charge is 0.200 e. The lowest BCUT2D eigenvalue weighted by atomic mass is 9.63. The third kappa shape index (κ3) is 1.02. The molecule has 2 saturated heterocycles. The second-order valence-electron chi connectivity index (χ2n) is 7.70. The van der Waals surface area contributed by atoms with Crippen molar-refractivity contribution in [2.45, 2.75) is 65.0 Å². The molecule has 18 heavy (non-hydrogen) atoms. The second-order valence-corrected chi connectivity index (χ2v) is 7.70. The molecule has 3 fully saturated rings. The molecule has 100 valence electrons. The van der Waals surface area contributed by atoms with Crippen molar-refractivity contribution in [2.75, 3.05) is 0 Å². The maximum atomic E-state index is 12.6. The van der Waals surface area contributed by atoms with Crippen molar-refractivity contribution >= 4 is 11.6 Å². The van der Waals surface area contributed by atoms with E-state index in [9.17, 15) is 9.59 Å². The second kappa shape index (κ2) is 2.73. The minimum absolute atomic E-state index is 0.0467. The summed E-state index contributed by atoms with van der Waals surface area (Å²) in [5.74, 6) is -0.0935. The Morgan fingerprint density at radius 2 is 1.06 bits per heavy atom. The van der Waals surface area contributed by atoms with Gasteiger partial charge in [-0.2, -0.15) is 0 Å². The average molecular weight is 252 g/mol. The molecule has 2 aliphatic heterocycles. The first-order chi connectivity index (χ1) is 8.00. The predicted octanol–water partition coefficient (Wildman–Crippen LogP) is 1.51. The molecule has 3 rings (SSSR count). The largest absolute Gasteiger partial charge is 0.349 e. The molecule has 3 aliphatic rings. The highest BCUT2D eigenvalue weighted by Crippen LogP contribution is 2.65. The van der Waals surface area contributed by atoms with Crippen molar-refractivity contribution in [1.82, 2.24) is 0 Å². The lowest BCUT2D eigenvalue weighted by Crippen LogP contribution is -2.56. The monoisotopic (exact) mass is 252 g/mol. The summed E-state index contributed by atoms with van der Waals surface area (Å²) in [5.41, 5.74) is -2.64. The number of fused-ring (bicyclic) bond motifs is 2. The SMILES string of the molecule is CC(C)(C)C12OC1C(=O)C1(C(C)(C)C)OC1C2=O. The summed E-state index contributed by atoms with van der Waals surface area (Å²) in [6.45, 7) is 11.6. The molecule has 2 heterocycles. The van der Waals surface area contributed by atoms with Crippen LogP contribution in [0.25, 0.3) is 0 Å². The van der Waals surface area contributed by atoms with Crippen LogP contribution >= 0.6 is 0 Å². The number of ketones is 2. The highest BCUT2D eigenvalue weighted by molar-refractivity contribution is 6.17. The number of rotatable bonds is 0. The van der Waals surface area contributed by atoms with Crippen LogP contribution in [-0.2, 0) is 19.1 Å². The zero-order valence-electron chi connectivity index (χ0n) is 11.8. The molecule has 4 heteroatoms. The maximum absolute atomic E-state index is 12.6. The number of ether oxygens (including phenoxy) is 2. The zero-order chi connectivity index (χ0) is 13.7. The van der Waals surface area contributed by atoms with Crippen LogP contribution < -0.4 is 0 Å². The zero-order valence-corrected chi connectivity index (χ0v) is 11.8. The van der Waals surface area contributed by atoms with E-state index in [-0.39, 0.29) is 22.4 Å². The number of epoxide rings is 2. The fourth-order valence-corrected chi connectivity index (χ4v) is 3.42. The third-order valence-electron chi connectivity index (χ3n) is 4.67. The lowest BCUT2D eigenvalue weighted by molar-refractivity contribution is -0.133. The van der Waals surface area contributed by atoms with Gasteiger partial charge < -0.3 is 9.47 Å². The van der Waals surface area contributed by atoms with Crippen molar-refractivity contribution in [1.29, 1.82) is 0 Å². The Morgan fingerprint density at radius 3 is 1.28 bits per heavy atom. The van der Waals surface area contributed by atoms with Gasteiger partial charge in [-0.25, -0.2) is 0 Å². The molecule has 4 nitrogen and oxygen atoms in total. The number of carbonyl (C=O) groups is 2. The van der Waals surface area contributed by atoms with Gasteiger partial charge in [0.15, 0.2) is 23.4 Å². The van der Waals surface area contributed by atoms with Gasteiger partial charge in [-0.1, -0.05) is 41.5 Å². The summed E-state index contributed by atoms with van der Waals surface area (Å²) in [5, 5.41) is 0. The molecular formula is C14H20O4. The quantitative estimate of drug-likeness (QED) is 0.613. The molecule has 0 N–H and O–H groups in total. The Kier molecular flexibility index (Phi) is 1.86. The van der Waals surface area contributed by atoms with Gasteiger partial charge in [-0.15, -0.1) is 0 Å². The van der Waals surface area contributed by atoms with Gasteiger partial charge in [-0.05, 0) is 0 Å². The molecule has 4 unspecified atom stereocenters. The number of hydrogen-bond donors (Lipinski definition) is 0. The van der Waals surface area contributed by atoms with Gasteiger partial charge in [0.05, 0.1) is 0 Å². The van der Waals surface area contributed by atoms with E-state index in [0.717, 1.165) is 0 Å². The Bertz CT molecular complexity index is 423. The molecule has 0 bridgehead atoms. The van der Waals surface area contributed by atoms with Crippen LogP contribution in [0.2, 0.25) is 0 Å². The van der Waals surface area contributed by atoms with Crippen LogP contribution in [0.5, 0.6) is 0 Å². The maximum Gasteiger partial charge on any atom is 0.200 e. The Balaban J connectivity index is 2.04. The first-order valence-electron chi connectivity index (χ1n) is 6.44. The van der Waals surface area contributed by atoms with E-state index in [0.29, 0.717) is 0 Å². The van der Waals surface area contributed by atoms with E-state index in [2.05, 4.69) is 0 Å². The summed E-state index contributed by atoms with van der Waals surface area (Å²) < 4.78 is 11.2. The van der Waals surface area contributed by atoms with Crippen LogP contribution in [0.1, 0.15) is 41.5 Å². The van der Waals surface area contributed by atoms with Gasteiger partial charge in [0.1, 0.15) is 0 Å². The minimum atomic E-state index is -0.944. The van der Waals surface area contributed by atoms with Crippen molar-refractivity contribution in [3.05, 3.63) is 0 Å². The van der Waals surface area contributed by atoms with Crippen LogP contribution in [0.3, 0.4) is 0 Å². The molecule has 0 amide bonds. The molecule has 0 radical (unpaired) electrons. The molecule has 1 saturated carbocycles. The van der Waals surface area contributed by atoms with Crippen molar-refractivity contribution < 1.29 is 19.1 Å². The van der Waals surface area contributed by atoms with E-state index in [1.54, 1.807) is 0 Å². The Hall–Kier alpha value is -0.740. The van der Waals surface area contributed by atoms with Gasteiger partial charge in [0.25, 0.3) is 0 Å². The lowest BCUT2D eigenvalue weighted by Gasteiger charge is -2.33. The molecule has 0 aromatic rings. The van der Waals surface area contributed by atoms with Crippen molar-refractivity contribution in [3.8, 4) is 0 Å². The summed E-state index contributed by atoms with van der Waals surface area (Å²) in [4.78, 5) is 25.1. The number of carbonyl (C=O) groups excluding carboxylic acids is 2. The average Bonchev–Trinajstić information content (AvgIpc) is 3.04. The highest BCUT2D eigenvalue weighted by atomic mass is 16.7. The normalized spacial score (nSPS) is 46.6. The van der Waals surface area contributed by atoms with Gasteiger partial charge in [-0.3, -0.25) is 9.59 Å². The van der Waals surface area contributed by atoms with Crippen LogP contribution in [0.15, 0.2) is 0 Å². The van der Waals surface area contributed by atoms with Gasteiger partial charge >= 0.3 is 0 Å². The third-order valence-corrected chi connectivity index (χ3v) is 4.67. The molecule has 4 atom stereocenters. The van der Waals surface area contributed by atoms with Gasteiger partial charge in [0, 0.05) is 10.8 Å². The van der Waals surface area contributed by atoms with E-state index in [4.69, 9.17) is 9.47 Å². The standard InChI is InChI=1S/C14H20O4/c1-11(2,3)13-7(15)10-14(18-10,12(4,5)6)8(16)9(13)17-13/h9-10H,1-6H3. The van der Waals surface area contributed by atoms with Gasteiger partial charge in [0.2, 0.25) is 11.6 Å². The summed E-state index contributed by atoms with van der Waals surface area (Å²) in [6.07, 6.45) is -1.22. The predicted molar refractivity (Wildman–Crippen MR) is 64.1 cm³/mol. The van der Waals surface area contributed by atoms with E-state index in [1.807, 2.05) is 41.5 Å². The fraction of sp³-hybridized carbons (Fsp3) is 0.857. The molecular weight excluding hydrogens is 232 g/mol. The van der Waals surface area contributed by atoms with Crippen LogP contribution in [0, 0.1) is 10.8 Å². The molecule has 0 spiro atoms. The molecule has 1 aliphatic carbocycles. The molecule has 0 aromatic carbocycles. The summed E-state index contributed by atoms with van der Waals surface area (Å²) >= 11 is 0.